The normalized spacial score (nSPS) is 17.4. The molecule has 0 saturated heterocycles. The summed E-state index contributed by atoms with van der Waals surface area (Å²) in [5.41, 5.74) is 2.47. The molecule has 0 unspecified atom stereocenters. The van der Waals surface area contributed by atoms with Crippen LogP contribution >= 0.6 is 11.6 Å². The van der Waals surface area contributed by atoms with Gasteiger partial charge in [-0.1, -0.05) is 66.2 Å². The van der Waals surface area contributed by atoms with Crippen LogP contribution in [0.25, 0.3) is 0 Å². The summed E-state index contributed by atoms with van der Waals surface area (Å²) in [5.74, 6) is 0.123. The topological polar surface area (TPSA) is 72.5 Å². The monoisotopic (exact) mass is 413 g/mol. The van der Waals surface area contributed by atoms with Crippen molar-refractivity contribution in [1.82, 2.24) is 4.72 Å². The van der Waals surface area contributed by atoms with Gasteiger partial charge in [-0.05, 0) is 30.2 Å². The third-order valence-electron chi connectivity index (χ3n) is 4.56. The average Bonchev–Trinajstić information content (AvgIpc) is 2.68. The van der Waals surface area contributed by atoms with Gasteiger partial charge < -0.3 is 4.18 Å². The molecule has 0 bridgehead atoms. The van der Waals surface area contributed by atoms with Crippen LogP contribution in [0.1, 0.15) is 33.1 Å². The number of hydrogen-bond donors (Lipinski definition) is 1. The standard InChI is InChI=1S/C21H16ClNO4S/c22-16-10-11-20-18(13-16)19(23-28(25,26)27-20)12-15-8-4-5-9-17(15)21(24)14-6-2-1-3-7-14/h1-11,13,19,23H,12H2/t19-/m1/s1. The molecule has 0 radical (unpaired) electrons. The number of carbonyl (C=O) groups is 1. The van der Waals surface area contributed by atoms with Crippen LogP contribution in [0.15, 0.2) is 72.8 Å². The van der Waals surface area contributed by atoms with Crippen molar-refractivity contribution in [3.8, 4) is 5.75 Å². The molecule has 0 amide bonds. The van der Waals surface area contributed by atoms with Crippen molar-refractivity contribution < 1.29 is 17.4 Å². The Bertz CT molecular complexity index is 1150. The number of benzene rings is 3. The van der Waals surface area contributed by atoms with Crippen LogP contribution in [0.4, 0.5) is 0 Å². The van der Waals surface area contributed by atoms with E-state index in [9.17, 15) is 13.2 Å². The van der Waals surface area contributed by atoms with Crippen LogP contribution in [-0.2, 0) is 16.7 Å². The Balaban J connectivity index is 1.73. The van der Waals surface area contributed by atoms with Gasteiger partial charge in [0, 0.05) is 21.7 Å². The molecule has 1 aliphatic rings. The molecule has 142 valence electrons. The first kappa shape index (κ1) is 18.7. The van der Waals surface area contributed by atoms with E-state index >= 15 is 0 Å². The lowest BCUT2D eigenvalue weighted by Crippen LogP contribution is -2.37. The number of rotatable bonds is 4. The predicted octanol–water partition coefficient (Wildman–Crippen LogP) is 4.08. The molecule has 1 heterocycles. The zero-order chi connectivity index (χ0) is 19.7. The quantitative estimate of drug-likeness (QED) is 0.654. The molecule has 0 fully saturated rings. The van der Waals surface area contributed by atoms with Crippen molar-refractivity contribution in [1.29, 1.82) is 0 Å². The van der Waals surface area contributed by atoms with Crippen LogP contribution in [0, 0.1) is 0 Å². The van der Waals surface area contributed by atoms with Gasteiger partial charge in [0.25, 0.3) is 0 Å². The molecule has 3 aromatic carbocycles. The largest absolute Gasteiger partial charge is 0.383 e. The third kappa shape index (κ3) is 3.80. The van der Waals surface area contributed by atoms with E-state index < -0.39 is 16.3 Å². The van der Waals surface area contributed by atoms with Gasteiger partial charge in [0.1, 0.15) is 5.75 Å². The summed E-state index contributed by atoms with van der Waals surface area (Å²) in [6.45, 7) is 0. The van der Waals surface area contributed by atoms with Gasteiger partial charge in [0.05, 0.1) is 6.04 Å². The van der Waals surface area contributed by atoms with E-state index in [0.29, 0.717) is 21.7 Å². The number of carbonyl (C=O) groups excluding carboxylic acids is 1. The molecule has 0 aromatic heterocycles. The Kier molecular flexibility index (Phi) is 4.93. The maximum absolute atomic E-state index is 13.0. The van der Waals surface area contributed by atoms with Crippen LogP contribution < -0.4 is 8.91 Å². The summed E-state index contributed by atoms with van der Waals surface area (Å²) in [6.07, 6.45) is 0.282. The lowest BCUT2D eigenvalue weighted by atomic mass is 9.92. The van der Waals surface area contributed by atoms with Gasteiger partial charge in [-0.25, -0.2) is 0 Å². The molecular formula is C21H16ClNO4S. The molecule has 4 rings (SSSR count). The van der Waals surface area contributed by atoms with Gasteiger partial charge in [0.15, 0.2) is 5.78 Å². The van der Waals surface area contributed by atoms with Crippen molar-refractivity contribution >= 4 is 27.7 Å². The molecule has 0 aliphatic carbocycles. The molecule has 1 atom stereocenters. The molecule has 0 saturated carbocycles. The average molecular weight is 414 g/mol. The lowest BCUT2D eigenvalue weighted by molar-refractivity contribution is 0.103. The van der Waals surface area contributed by atoms with Gasteiger partial charge in [-0.3, -0.25) is 4.79 Å². The maximum Gasteiger partial charge on any atom is 0.383 e. The van der Waals surface area contributed by atoms with Crippen molar-refractivity contribution in [3.63, 3.8) is 0 Å². The van der Waals surface area contributed by atoms with Crippen LogP contribution in [0.2, 0.25) is 5.02 Å². The van der Waals surface area contributed by atoms with Crippen LogP contribution in [0.5, 0.6) is 5.75 Å². The molecule has 3 aromatic rings. The molecule has 7 heteroatoms. The summed E-state index contributed by atoms with van der Waals surface area (Å²) in [5, 5.41) is 0.474. The van der Waals surface area contributed by atoms with E-state index in [1.165, 1.54) is 6.07 Å². The predicted molar refractivity (Wildman–Crippen MR) is 107 cm³/mol. The summed E-state index contributed by atoms with van der Waals surface area (Å²) < 4.78 is 31.7. The van der Waals surface area contributed by atoms with E-state index in [4.69, 9.17) is 15.8 Å². The number of halogens is 1. The summed E-state index contributed by atoms with van der Waals surface area (Å²) >= 11 is 6.09. The fraction of sp³-hybridized carbons (Fsp3) is 0.0952. The number of ketones is 1. The van der Waals surface area contributed by atoms with E-state index in [0.717, 1.165) is 5.56 Å². The highest BCUT2D eigenvalue weighted by atomic mass is 35.5. The van der Waals surface area contributed by atoms with Crippen LogP contribution in [-0.4, -0.2) is 14.2 Å². The first-order valence-electron chi connectivity index (χ1n) is 8.62. The molecule has 28 heavy (non-hydrogen) atoms. The zero-order valence-electron chi connectivity index (χ0n) is 14.6. The molecule has 5 nitrogen and oxygen atoms in total. The Morgan fingerprint density at radius 3 is 2.50 bits per heavy atom. The minimum atomic E-state index is -3.94. The minimum absolute atomic E-state index is 0.113. The van der Waals surface area contributed by atoms with Crippen LogP contribution in [0.3, 0.4) is 0 Å². The number of nitrogens with one attached hydrogen (secondary N) is 1. The second kappa shape index (κ2) is 7.39. The molecule has 0 spiro atoms. The second-order valence-electron chi connectivity index (χ2n) is 6.45. The van der Waals surface area contributed by atoms with Crippen molar-refractivity contribution in [2.24, 2.45) is 0 Å². The van der Waals surface area contributed by atoms with Gasteiger partial charge in [-0.2, -0.15) is 13.1 Å². The highest BCUT2D eigenvalue weighted by Gasteiger charge is 2.31. The van der Waals surface area contributed by atoms with Gasteiger partial charge in [0.2, 0.25) is 0 Å². The third-order valence-corrected chi connectivity index (χ3v) is 5.76. The van der Waals surface area contributed by atoms with E-state index in [-0.39, 0.29) is 18.0 Å². The minimum Gasteiger partial charge on any atom is -0.371 e. The second-order valence-corrected chi connectivity index (χ2v) is 8.19. The lowest BCUT2D eigenvalue weighted by Gasteiger charge is -2.27. The fourth-order valence-corrected chi connectivity index (χ4v) is 4.46. The molecule has 1 N–H and O–H groups in total. The fourth-order valence-electron chi connectivity index (χ4n) is 3.28. The van der Waals surface area contributed by atoms with Crippen molar-refractivity contribution in [2.75, 3.05) is 0 Å². The maximum atomic E-state index is 13.0. The van der Waals surface area contributed by atoms with Crippen molar-refractivity contribution in [3.05, 3.63) is 100 Å². The van der Waals surface area contributed by atoms with Crippen molar-refractivity contribution in [2.45, 2.75) is 12.5 Å². The SMILES string of the molecule is O=C(c1ccccc1)c1ccccc1C[C@H]1NS(=O)(=O)Oc2ccc(Cl)cc21. The summed E-state index contributed by atoms with van der Waals surface area (Å²) in [7, 11) is -3.94. The number of fused-ring (bicyclic) bond motifs is 1. The van der Waals surface area contributed by atoms with E-state index in [1.807, 2.05) is 18.2 Å². The zero-order valence-corrected chi connectivity index (χ0v) is 16.2. The Morgan fingerprint density at radius 1 is 1.00 bits per heavy atom. The Hall–Kier alpha value is -2.67. The smallest absolute Gasteiger partial charge is 0.371 e. The molecular weight excluding hydrogens is 398 g/mol. The highest BCUT2D eigenvalue weighted by Crippen LogP contribution is 2.35. The summed E-state index contributed by atoms with van der Waals surface area (Å²) in [6, 6.07) is 20.3. The van der Waals surface area contributed by atoms with E-state index in [2.05, 4.69) is 4.72 Å². The highest BCUT2D eigenvalue weighted by molar-refractivity contribution is 7.85. The van der Waals surface area contributed by atoms with Gasteiger partial charge >= 0.3 is 10.3 Å². The Labute approximate surface area is 168 Å². The first-order valence-corrected chi connectivity index (χ1v) is 10.4. The number of hydrogen-bond acceptors (Lipinski definition) is 4. The first-order chi connectivity index (χ1) is 13.4. The summed E-state index contributed by atoms with van der Waals surface area (Å²) in [4.78, 5) is 13.0. The Morgan fingerprint density at radius 2 is 1.71 bits per heavy atom. The molecule has 1 aliphatic heterocycles. The van der Waals surface area contributed by atoms with E-state index in [1.54, 1.807) is 48.5 Å². The van der Waals surface area contributed by atoms with Gasteiger partial charge in [-0.15, -0.1) is 0 Å².